The molecule has 1 aromatic heterocycles. The third-order valence-corrected chi connectivity index (χ3v) is 8.34. The second-order valence-electron chi connectivity index (χ2n) is 10.7. The number of para-hydroxylation sites is 1. The Morgan fingerprint density at radius 1 is 0.930 bits per heavy atom. The molecule has 2 aliphatic rings. The second kappa shape index (κ2) is 11.7. The van der Waals surface area contributed by atoms with Gasteiger partial charge in [0.1, 0.15) is 11.8 Å². The van der Waals surface area contributed by atoms with E-state index in [1.165, 1.54) is 4.90 Å². The fourth-order valence-corrected chi connectivity index (χ4v) is 6.14. The molecule has 0 saturated carbocycles. The zero-order valence-corrected chi connectivity index (χ0v) is 24.4. The molecular weight excluding hydrogens is 548 g/mol. The second-order valence-corrected chi connectivity index (χ2v) is 10.7. The van der Waals surface area contributed by atoms with E-state index in [1.807, 2.05) is 66.7 Å². The molecule has 4 amide bonds. The molecule has 2 atom stereocenters. The number of amides is 4. The summed E-state index contributed by atoms with van der Waals surface area (Å²) in [5.41, 5.74) is 4.56. The molecule has 2 N–H and O–H groups in total. The third kappa shape index (κ3) is 5.24. The molecule has 2 aliphatic heterocycles. The van der Waals surface area contributed by atoms with Crippen molar-refractivity contribution in [1.82, 2.24) is 20.1 Å². The first-order chi connectivity index (χ1) is 20.9. The fourth-order valence-electron chi connectivity index (χ4n) is 6.14. The SMILES string of the molecule is COc1ccc(CC(=O)NCC2c3[nH]c4ccccc4c3CC3C(=O)N(CCc4ccc(OC)c(OC)c4)C(=O)N32)cc1. The summed E-state index contributed by atoms with van der Waals surface area (Å²) in [5, 5.41) is 4.04. The maximum Gasteiger partial charge on any atom is 0.328 e. The van der Waals surface area contributed by atoms with Crippen molar-refractivity contribution in [2.45, 2.75) is 31.3 Å². The number of hydrogen-bond acceptors (Lipinski definition) is 6. The van der Waals surface area contributed by atoms with Crippen LogP contribution in [0.15, 0.2) is 66.7 Å². The molecule has 0 radical (unpaired) electrons. The minimum absolute atomic E-state index is 0.173. The maximum atomic E-state index is 13.9. The lowest BCUT2D eigenvalue weighted by Gasteiger charge is -2.35. The molecule has 43 heavy (non-hydrogen) atoms. The van der Waals surface area contributed by atoms with Gasteiger partial charge in [-0.15, -0.1) is 0 Å². The highest BCUT2D eigenvalue weighted by Gasteiger charge is 2.51. The lowest BCUT2D eigenvalue weighted by atomic mass is 9.92. The molecule has 2 unspecified atom stereocenters. The number of benzene rings is 3. The average molecular weight is 583 g/mol. The molecule has 1 saturated heterocycles. The molecule has 0 bridgehead atoms. The van der Waals surface area contributed by atoms with E-state index >= 15 is 0 Å². The topological polar surface area (TPSA) is 113 Å². The van der Waals surface area contributed by atoms with Gasteiger partial charge in [-0.1, -0.05) is 36.4 Å². The lowest BCUT2D eigenvalue weighted by molar-refractivity contribution is -0.128. The first-order valence-electron chi connectivity index (χ1n) is 14.3. The Labute approximate surface area is 249 Å². The molecule has 10 nitrogen and oxygen atoms in total. The van der Waals surface area contributed by atoms with Crippen LogP contribution < -0.4 is 19.5 Å². The molecule has 10 heteroatoms. The van der Waals surface area contributed by atoms with Crippen LogP contribution >= 0.6 is 0 Å². The van der Waals surface area contributed by atoms with Crippen molar-refractivity contribution in [2.24, 2.45) is 0 Å². The molecule has 4 aromatic rings. The van der Waals surface area contributed by atoms with Crippen molar-refractivity contribution in [1.29, 1.82) is 0 Å². The number of aromatic amines is 1. The van der Waals surface area contributed by atoms with Crippen LogP contribution in [-0.2, 0) is 28.9 Å². The van der Waals surface area contributed by atoms with Gasteiger partial charge in [-0.3, -0.25) is 14.5 Å². The van der Waals surface area contributed by atoms with Gasteiger partial charge < -0.3 is 29.4 Å². The van der Waals surface area contributed by atoms with Crippen LogP contribution in [0, 0.1) is 0 Å². The summed E-state index contributed by atoms with van der Waals surface area (Å²) >= 11 is 0. The van der Waals surface area contributed by atoms with Crippen LogP contribution in [0.25, 0.3) is 10.9 Å². The summed E-state index contributed by atoms with van der Waals surface area (Å²) in [7, 11) is 4.74. The zero-order valence-electron chi connectivity index (χ0n) is 24.4. The van der Waals surface area contributed by atoms with Gasteiger partial charge in [0.05, 0.1) is 33.8 Å². The summed E-state index contributed by atoms with van der Waals surface area (Å²) in [6.07, 6.45) is 1.06. The number of H-pyrrole nitrogens is 1. The highest BCUT2D eigenvalue weighted by atomic mass is 16.5. The Kier molecular flexibility index (Phi) is 7.67. The van der Waals surface area contributed by atoms with Gasteiger partial charge in [0.15, 0.2) is 11.5 Å². The largest absolute Gasteiger partial charge is 0.497 e. The van der Waals surface area contributed by atoms with Gasteiger partial charge in [0.25, 0.3) is 5.91 Å². The van der Waals surface area contributed by atoms with E-state index in [1.54, 1.807) is 26.2 Å². The number of carbonyl (C=O) groups excluding carboxylic acids is 3. The monoisotopic (exact) mass is 582 g/mol. The standard InChI is InChI=1S/C33H34N4O6/c1-41-22-11-8-20(9-12-22)17-30(38)34-19-27-31-24(23-6-4-5-7-25(23)35-31)18-26-32(39)36(33(40)37(26)27)15-14-21-10-13-28(42-2)29(16-21)43-3/h4-13,16,26-27,35H,14-15,17-19H2,1-3H3,(H,34,38). The number of urea groups is 1. The van der Waals surface area contributed by atoms with E-state index in [0.717, 1.165) is 39.0 Å². The van der Waals surface area contributed by atoms with Gasteiger partial charge >= 0.3 is 6.03 Å². The Bertz CT molecular complexity index is 1680. The number of methoxy groups -OCH3 is 3. The van der Waals surface area contributed by atoms with E-state index in [-0.39, 0.29) is 37.4 Å². The number of hydrogen-bond donors (Lipinski definition) is 2. The Balaban J connectivity index is 1.23. The number of aromatic nitrogens is 1. The van der Waals surface area contributed by atoms with Crippen molar-refractivity contribution in [3.63, 3.8) is 0 Å². The maximum absolute atomic E-state index is 13.9. The number of nitrogens with zero attached hydrogens (tertiary/aromatic N) is 2. The first-order valence-corrected chi connectivity index (χ1v) is 14.3. The number of fused-ring (bicyclic) bond motifs is 4. The molecule has 6 rings (SSSR count). The lowest BCUT2D eigenvalue weighted by Crippen LogP contribution is -2.48. The number of imide groups is 1. The average Bonchev–Trinajstić information content (AvgIpc) is 3.52. The minimum atomic E-state index is -0.645. The van der Waals surface area contributed by atoms with Crippen molar-refractivity contribution in [2.75, 3.05) is 34.4 Å². The molecule has 0 spiro atoms. The number of carbonyl (C=O) groups is 3. The van der Waals surface area contributed by atoms with Gasteiger partial charge in [-0.05, 0) is 53.4 Å². The summed E-state index contributed by atoms with van der Waals surface area (Å²) in [6.45, 7) is 0.402. The van der Waals surface area contributed by atoms with Gasteiger partial charge in [0.2, 0.25) is 5.91 Å². The van der Waals surface area contributed by atoms with Crippen LogP contribution in [0.1, 0.15) is 28.4 Å². The van der Waals surface area contributed by atoms with Crippen molar-refractivity contribution in [3.8, 4) is 17.2 Å². The van der Waals surface area contributed by atoms with E-state index in [4.69, 9.17) is 14.2 Å². The van der Waals surface area contributed by atoms with Gasteiger partial charge in [-0.25, -0.2) is 4.79 Å². The summed E-state index contributed by atoms with van der Waals surface area (Å²) in [5.74, 6) is 1.52. The van der Waals surface area contributed by atoms with Gasteiger partial charge in [0, 0.05) is 36.1 Å². The van der Waals surface area contributed by atoms with Crippen LogP contribution in [0.4, 0.5) is 4.79 Å². The number of ether oxygens (including phenoxy) is 3. The molecule has 222 valence electrons. The quantitative estimate of drug-likeness (QED) is 0.273. The Hall–Kier alpha value is -4.99. The van der Waals surface area contributed by atoms with Crippen molar-refractivity contribution in [3.05, 3.63) is 89.1 Å². The van der Waals surface area contributed by atoms with Gasteiger partial charge in [-0.2, -0.15) is 0 Å². The van der Waals surface area contributed by atoms with Crippen LogP contribution in [-0.4, -0.2) is 73.1 Å². The molecule has 1 fully saturated rings. The van der Waals surface area contributed by atoms with Crippen LogP contribution in [0.5, 0.6) is 17.2 Å². The summed E-state index contributed by atoms with van der Waals surface area (Å²) in [6, 6.07) is 19.3. The highest BCUT2D eigenvalue weighted by Crippen LogP contribution is 2.41. The Morgan fingerprint density at radius 2 is 1.67 bits per heavy atom. The van der Waals surface area contributed by atoms with Crippen LogP contribution in [0.3, 0.4) is 0 Å². The number of rotatable bonds is 10. The zero-order chi connectivity index (χ0) is 30.1. The molecule has 0 aliphatic carbocycles. The number of nitrogens with one attached hydrogen (secondary N) is 2. The predicted molar refractivity (Wildman–Crippen MR) is 160 cm³/mol. The molecular formula is C33H34N4O6. The molecule has 3 aromatic carbocycles. The predicted octanol–water partition coefficient (Wildman–Crippen LogP) is 4.03. The molecule has 3 heterocycles. The van der Waals surface area contributed by atoms with Crippen molar-refractivity contribution < 1.29 is 28.6 Å². The van der Waals surface area contributed by atoms with E-state index < -0.39 is 12.1 Å². The minimum Gasteiger partial charge on any atom is -0.497 e. The summed E-state index contributed by atoms with van der Waals surface area (Å²) in [4.78, 5) is 47.1. The van der Waals surface area contributed by atoms with E-state index in [9.17, 15) is 14.4 Å². The summed E-state index contributed by atoms with van der Waals surface area (Å²) < 4.78 is 15.9. The fraction of sp³-hybridized carbons (Fsp3) is 0.303. The third-order valence-electron chi connectivity index (χ3n) is 8.34. The first kappa shape index (κ1) is 28.1. The highest BCUT2D eigenvalue weighted by molar-refractivity contribution is 6.05. The normalized spacial score (nSPS) is 17.6. The Morgan fingerprint density at radius 3 is 2.42 bits per heavy atom. The van der Waals surface area contributed by atoms with Crippen LogP contribution in [0.2, 0.25) is 0 Å². The smallest absolute Gasteiger partial charge is 0.328 e. The van der Waals surface area contributed by atoms with E-state index in [0.29, 0.717) is 24.3 Å². The van der Waals surface area contributed by atoms with E-state index in [2.05, 4.69) is 10.3 Å². The van der Waals surface area contributed by atoms with Crippen molar-refractivity contribution >= 4 is 28.7 Å².